The second-order valence-corrected chi connectivity index (χ2v) is 9.16. The predicted octanol–water partition coefficient (Wildman–Crippen LogP) is 6.66. The van der Waals surface area contributed by atoms with Crippen molar-refractivity contribution in [3.05, 3.63) is 108 Å². The van der Waals surface area contributed by atoms with Gasteiger partial charge in [-0.1, -0.05) is 36.9 Å². The maximum Gasteiger partial charge on any atom is 0.212 e. The van der Waals surface area contributed by atoms with Gasteiger partial charge in [0.05, 0.1) is 10.7 Å². The van der Waals surface area contributed by atoms with Crippen molar-refractivity contribution < 1.29 is 8.78 Å². The molecule has 1 heterocycles. The fourth-order valence-corrected chi connectivity index (χ4v) is 5.21. The Kier molecular flexibility index (Phi) is 5.79. The summed E-state index contributed by atoms with van der Waals surface area (Å²) in [6.45, 7) is 3.96. The number of nitriles is 2. The van der Waals surface area contributed by atoms with Gasteiger partial charge in [0.15, 0.2) is 0 Å². The molecule has 0 radical (unpaired) electrons. The van der Waals surface area contributed by atoms with E-state index in [1.165, 1.54) is 18.3 Å². The maximum atomic E-state index is 13.4. The second kappa shape index (κ2) is 9.46. The van der Waals surface area contributed by atoms with Crippen molar-refractivity contribution >= 4 is 54.6 Å². The molecular formula is C32H16F2N6. The number of nitrogens with zero attached hydrogens (tertiary/aromatic N) is 5. The van der Waals surface area contributed by atoms with E-state index in [9.17, 15) is 19.3 Å². The molecule has 0 saturated carbocycles. The minimum Gasteiger partial charge on any atom is -0.274 e. The zero-order valence-electron chi connectivity index (χ0n) is 20.7. The first-order valence-electron chi connectivity index (χ1n) is 12.0. The van der Waals surface area contributed by atoms with Crippen LogP contribution in [0.4, 0.5) is 8.78 Å². The van der Waals surface area contributed by atoms with E-state index < -0.39 is 11.9 Å². The molecule has 0 fully saturated rings. The van der Waals surface area contributed by atoms with Gasteiger partial charge in [0.2, 0.25) is 24.3 Å². The summed E-state index contributed by atoms with van der Waals surface area (Å²) in [5.74, 6) is -1.64. The van der Waals surface area contributed by atoms with E-state index in [1.807, 2.05) is 60.9 Å². The van der Waals surface area contributed by atoms with Crippen molar-refractivity contribution in [2.24, 2.45) is 9.98 Å². The SMILES string of the molecule is C=C(/C=C\C(=N)F)c1ccc2c(c1)c(=NC#N)c1cc3c(cc12)c(=NC#N)c1cc(-c2ccc(F)nc2)ccc13. The predicted molar refractivity (Wildman–Crippen MR) is 151 cm³/mol. The minimum atomic E-state index is -1.08. The number of halogens is 2. The van der Waals surface area contributed by atoms with Gasteiger partial charge in [0.1, 0.15) is 0 Å². The third-order valence-corrected chi connectivity index (χ3v) is 6.98. The van der Waals surface area contributed by atoms with Crippen LogP contribution in [-0.2, 0) is 0 Å². The Morgan fingerprint density at radius 2 is 1.32 bits per heavy atom. The van der Waals surface area contributed by atoms with E-state index in [0.29, 0.717) is 21.9 Å². The Morgan fingerprint density at radius 3 is 1.90 bits per heavy atom. The lowest BCUT2D eigenvalue weighted by Gasteiger charge is -2.02. The normalized spacial score (nSPS) is 12.6. The molecule has 0 aliphatic carbocycles. The number of allylic oxidation sites excluding steroid dienone is 3. The summed E-state index contributed by atoms with van der Waals surface area (Å²) in [4.78, 5) is 12.0. The topological polar surface area (TPSA) is 109 Å². The molecule has 0 bridgehead atoms. The van der Waals surface area contributed by atoms with Crippen LogP contribution in [0, 0.1) is 34.3 Å². The number of hydrogen-bond donors (Lipinski definition) is 1. The average molecular weight is 523 g/mol. The zero-order chi connectivity index (χ0) is 28.0. The number of fused-ring (bicyclic) bond motifs is 6. The molecule has 0 unspecified atom stereocenters. The molecule has 1 aromatic heterocycles. The highest BCUT2D eigenvalue weighted by atomic mass is 19.1. The third-order valence-electron chi connectivity index (χ3n) is 6.98. The molecule has 0 aliphatic rings. The van der Waals surface area contributed by atoms with Gasteiger partial charge in [-0.05, 0) is 80.7 Å². The summed E-state index contributed by atoms with van der Waals surface area (Å²) < 4.78 is 26.3. The molecule has 0 atom stereocenters. The van der Waals surface area contributed by atoms with Crippen molar-refractivity contribution in [1.82, 2.24) is 4.98 Å². The highest BCUT2D eigenvalue weighted by molar-refractivity contribution is 6.21. The number of nitrogens with one attached hydrogen (secondary N) is 1. The first-order valence-corrected chi connectivity index (χ1v) is 12.0. The van der Waals surface area contributed by atoms with Gasteiger partial charge in [-0.15, -0.1) is 0 Å². The van der Waals surface area contributed by atoms with Crippen LogP contribution >= 0.6 is 0 Å². The lowest BCUT2D eigenvalue weighted by molar-refractivity contribution is 0.584. The molecule has 0 saturated heterocycles. The minimum absolute atomic E-state index is 0.494. The van der Waals surface area contributed by atoms with Crippen LogP contribution in [0.25, 0.3) is 59.8 Å². The van der Waals surface area contributed by atoms with Gasteiger partial charge in [-0.3, -0.25) is 5.41 Å². The Hall–Kier alpha value is -5.86. The van der Waals surface area contributed by atoms with Crippen molar-refractivity contribution in [2.75, 3.05) is 0 Å². The smallest absolute Gasteiger partial charge is 0.212 e. The van der Waals surface area contributed by atoms with Gasteiger partial charge >= 0.3 is 0 Å². The Balaban J connectivity index is 1.66. The fourth-order valence-electron chi connectivity index (χ4n) is 5.21. The van der Waals surface area contributed by atoms with Gasteiger partial charge in [-0.2, -0.15) is 29.3 Å². The Bertz CT molecular complexity index is 2290. The molecule has 40 heavy (non-hydrogen) atoms. The standard InChI is InChI=1S/C32H16F2N6/c1-17(2-8-29(33)37)18-3-6-21-23-12-28-24(13-27(23)31(39-15-35)25(21)10-18)22-7-4-19(11-26(22)32(28)40-16-36)20-5-9-30(34)38-14-20/h2-14,37H,1H2/b8-2-,37-29?,39-31?,40-32?. The first-order chi connectivity index (χ1) is 19.4. The van der Waals surface area contributed by atoms with E-state index in [4.69, 9.17) is 5.41 Å². The number of pyridine rings is 1. The van der Waals surface area contributed by atoms with Gasteiger partial charge in [-0.25, -0.2) is 4.98 Å². The molecule has 8 heteroatoms. The lowest BCUT2D eigenvalue weighted by Crippen LogP contribution is -1.99. The summed E-state index contributed by atoms with van der Waals surface area (Å²) in [7, 11) is 0. The van der Waals surface area contributed by atoms with Crippen LogP contribution in [0.2, 0.25) is 0 Å². The van der Waals surface area contributed by atoms with Crippen molar-refractivity contribution in [3.63, 3.8) is 0 Å². The molecule has 188 valence electrons. The number of aromatic nitrogens is 1. The first kappa shape index (κ1) is 24.5. The maximum absolute atomic E-state index is 13.4. The van der Waals surface area contributed by atoms with Crippen LogP contribution in [-0.4, -0.2) is 10.9 Å². The molecule has 5 aromatic carbocycles. The zero-order valence-corrected chi connectivity index (χ0v) is 20.7. The van der Waals surface area contributed by atoms with Crippen LogP contribution < -0.4 is 10.7 Å². The largest absolute Gasteiger partial charge is 0.274 e. The lowest BCUT2D eigenvalue weighted by atomic mass is 10.0. The van der Waals surface area contributed by atoms with Crippen LogP contribution in [0.3, 0.4) is 0 Å². The molecule has 0 aliphatic heterocycles. The van der Waals surface area contributed by atoms with Crippen LogP contribution in [0.15, 0.2) is 95.6 Å². The van der Waals surface area contributed by atoms with E-state index >= 15 is 0 Å². The van der Waals surface area contributed by atoms with Crippen molar-refractivity contribution in [2.45, 2.75) is 0 Å². The summed E-state index contributed by atoms with van der Waals surface area (Å²) in [6.07, 6.45) is 7.71. The molecule has 0 amide bonds. The van der Waals surface area contributed by atoms with E-state index in [-0.39, 0.29) is 0 Å². The van der Waals surface area contributed by atoms with Crippen molar-refractivity contribution in [1.29, 1.82) is 15.9 Å². The molecule has 6 aromatic rings. The molecule has 1 N–H and O–H groups in total. The number of benzene rings is 3. The van der Waals surface area contributed by atoms with Crippen LogP contribution in [0.1, 0.15) is 5.56 Å². The molecule has 0 spiro atoms. The highest BCUT2D eigenvalue weighted by Crippen LogP contribution is 2.34. The van der Waals surface area contributed by atoms with E-state index in [0.717, 1.165) is 60.3 Å². The van der Waals surface area contributed by atoms with Gasteiger partial charge in [0, 0.05) is 33.3 Å². The summed E-state index contributed by atoms with van der Waals surface area (Å²) in [6, 6.07) is 18.2. The summed E-state index contributed by atoms with van der Waals surface area (Å²) >= 11 is 0. The monoisotopic (exact) mass is 522 g/mol. The van der Waals surface area contributed by atoms with E-state index in [2.05, 4.69) is 21.5 Å². The third kappa shape index (κ3) is 3.92. The molecule has 6 nitrogen and oxygen atoms in total. The number of hydrogen-bond acceptors (Lipinski definition) is 6. The fraction of sp³-hybridized carbons (Fsp3) is 0. The Morgan fingerprint density at radius 1 is 0.750 bits per heavy atom. The highest BCUT2D eigenvalue weighted by Gasteiger charge is 2.16. The van der Waals surface area contributed by atoms with Crippen LogP contribution in [0.5, 0.6) is 0 Å². The molecular weight excluding hydrogens is 506 g/mol. The second-order valence-electron chi connectivity index (χ2n) is 9.16. The quantitative estimate of drug-likeness (QED) is 0.121. The molecule has 6 rings (SSSR count). The summed E-state index contributed by atoms with van der Waals surface area (Å²) in [5, 5.41) is 33.4. The van der Waals surface area contributed by atoms with Crippen molar-refractivity contribution in [3.8, 4) is 23.5 Å². The summed E-state index contributed by atoms with van der Waals surface area (Å²) in [5.41, 5.74) is 2.73. The van der Waals surface area contributed by atoms with E-state index in [1.54, 1.807) is 6.07 Å². The average Bonchev–Trinajstić information content (AvgIpc) is 3.42. The van der Waals surface area contributed by atoms with Gasteiger partial charge in [0.25, 0.3) is 0 Å². The Labute approximate surface area is 225 Å². The number of rotatable bonds is 4. The van der Waals surface area contributed by atoms with Gasteiger partial charge < -0.3 is 0 Å².